The number of fused-ring (bicyclic) bond motifs is 3. The van der Waals surface area contributed by atoms with Gasteiger partial charge in [0.1, 0.15) is 23.0 Å². The van der Waals surface area contributed by atoms with Gasteiger partial charge in [-0.2, -0.15) is 0 Å². The zero-order valence-electron chi connectivity index (χ0n) is 16.8. The number of ether oxygens (including phenoxy) is 1. The van der Waals surface area contributed by atoms with Crippen LogP contribution >= 0.6 is 0 Å². The van der Waals surface area contributed by atoms with Crippen molar-refractivity contribution in [1.82, 2.24) is 0 Å². The third kappa shape index (κ3) is 3.82. The Morgan fingerprint density at radius 2 is 1.69 bits per heavy atom. The van der Waals surface area contributed by atoms with Gasteiger partial charge in [-0.05, 0) is 26.0 Å². The van der Waals surface area contributed by atoms with Gasteiger partial charge in [-0.3, -0.25) is 4.79 Å². The second kappa shape index (κ2) is 7.97. The molecule has 0 radical (unpaired) electrons. The van der Waals surface area contributed by atoms with Crippen molar-refractivity contribution < 1.29 is 19.3 Å². The van der Waals surface area contributed by atoms with Crippen LogP contribution in [0.4, 0.5) is 5.69 Å². The van der Waals surface area contributed by atoms with Crippen molar-refractivity contribution in [2.24, 2.45) is 0 Å². The molecule has 29 heavy (non-hydrogen) atoms. The van der Waals surface area contributed by atoms with Crippen molar-refractivity contribution in [3.63, 3.8) is 0 Å². The lowest BCUT2D eigenvalue weighted by atomic mass is 10.1. The number of hydrogen-bond acceptors (Lipinski definition) is 3. The lowest BCUT2D eigenvalue weighted by Crippen LogP contribution is -2.91. The molecule has 1 amide bonds. The molecule has 0 unspecified atom stereocenters. The lowest BCUT2D eigenvalue weighted by molar-refractivity contribution is -0.709. The number of hydrogen-bond donors (Lipinski definition) is 2. The predicted octanol–water partition coefficient (Wildman–Crippen LogP) is 4.25. The number of amides is 1. The number of rotatable bonds is 6. The predicted molar refractivity (Wildman–Crippen MR) is 115 cm³/mol. The number of furan rings is 1. The van der Waals surface area contributed by atoms with E-state index in [0.717, 1.165) is 21.9 Å². The number of nitrogens with one attached hydrogen (secondary N) is 1. The van der Waals surface area contributed by atoms with E-state index in [1.165, 1.54) is 5.56 Å². The highest BCUT2D eigenvalue weighted by Gasteiger charge is 2.22. The molecule has 2 atom stereocenters. The lowest BCUT2D eigenvalue weighted by Gasteiger charge is -2.17. The number of carbonyl (C=O) groups excluding carboxylic acids is 1. The van der Waals surface area contributed by atoms with Crippen molar-refractivity contribution in [2.75, 3.05) is 12.4 Å². The monoisotopic (exact) mass is 389 g/mol. The van der Waals surface area contributed by atoms with Gasteiger partial charge < -0.3 is 19.8 Å². The molecule has 0 spiro atoms. The summed E-state index contributed by atoms with van der Waals surface area (Å²) in [7, 11) is 1.60. The third-order valence-corrected chi connectivity index (χ3v) is 5.27. The largest absolute Gasteiger partial charge is 0.495 e. The minimum absolute atomic E-state index is 0.0819. The van der Waals surface area contributed by atoms with E-state index in [9.17, 15) is 4.79 Å². The van der Waals surface area contributed by atoms with E-state index in [2.05, 4.69) is 29.7 Å². The summed E-state index contributed by atoms with van der Waals surface area (Å²) < 4.78 is 11.5. The number of carbonyl (C=O) groups is 1. The number of anilines is 1. The van der Waals surface area contributed by atoms with Crippen molar-refractivity contribution in [1.29, 1.82) is 0 Å². The van der Waals surface area contributed by atoms with Gasteiger partial charge in [0.25, 0.3) is 5.91 Å². The van der Waals surface area contributed by atoms with Crippen LogP contribution in [0.15, 0.2) is 71.1 Å². The van der Waals surface area contributed by atoms with Crippen molar-refractivity contribution in [2.45, 2.75) is 25.9 Å². The first kappa shape index (κ1) is 19.0. The first-order valence-corrected chi connectivity index (χ1v) is 9.77. The van der Waals surface area contributed by atoms with Gasteiger partial charge in [-0.25, -0.2) is 0 Å². The number of para-hydroxylation sites is 1. The van der Waals surface area contributed by atoms with Gasteiger partial charge in [0, 0.05) is 22.4 Å². The molecule has 148 valence electrons. The Hall–Kier alpha value is -3.31. The highest BCUT2D eigenvalue weighted by Crippen LogP contribution is 2.36. The maximum atomic E-state index is 12.8. The van der Waals surface area contributed by atoms with E-state index in [-0.39, 0.29) is 18.0 Å². The van der Waals surface area contributed by atoms with Gasteiger partial charge in [0.2, 0.25) is 0 Å². The fourth-order valence-electron chi connectivity index (χ4n) is 3.65. The average Bonchev–Trinajstić information content (AvgIpc) is 3.11. The first-order valence-electron chi connectivity index (χ1n) is 9.77. The SMILES string of the molecule is COc1cc2c(cc1NC(=O)[C@@H](C)[NH2+][C@@H](C)c1ccccc1)oc1ccccc12. The van der Waals surface area contributed by atoms with Gasteiger partial charge in [-0.1, -0.05) is 48.5 Å². The van der Waals surface area contributed by atoms with Crippen molar-refractivity contribution >= 4 is 33.5 Å². The highest BCUT2D eigenvalue weighted by molar-refractivity contribution is 6.08. The Kier molecular flexibility index (Phi) is 5.23. The summed E-state index contributed by atoms with van der Waals surface area (Å²) in [6.07, 6.45) is 0. The van der Waals surface area contributed by atoms with Crippen LogP contribution in [0.2, 0.25) is 0 Å². The second-order valence-corrected chi connectivity index (χ2v) is 7.32. The summed E-state index contributed by atoms with van der Waals surface area (Å²) >= 11 is 0. The van der Waals surface area contributed by atoms with Gasteiger partial charge in [-0.15, -0.1) is 0 Å². The molecule has 0 bridgehead atoms. The molecule has 5 nitrogen and oxygen atoms in total. The molecule has 3 N–H and O–H groups in total. The second-order valence-electron chi connectivity index (χ2n) is 7.32. The molecular weight excluding hydrogens is 364 g/mol. The van der Waals surface area contributed by atoms with Gasteiger partial charge in [0.15, 0.2) is 6.04 Å². The smallest absolute Gasteiger partial charge is 0.282 e. The normalized spacial score (nSPS) is 13.3. The summed E-state index contributed by atoms with van der Waals surface area (Å²) in [6.45, 7) is 4.00. The maximum Gasteiger partial charge on any atom is 0.282 e. The summed E-state index contributed by atoms with van der Waals surface area (Å²) in [5.74, 6) is 0.530. The standard InChI is InChI=1S/C24H24N2O3/c1-15(17-9-5-4-6-10-17)25-16(2)24(27)26-20-14-22-19(13-23(20)28-3)18-11-7-8-12-21(18)29-22/h4-16,25H,1-3H3,(H,26,27)/p+1/t15-,16+/m0/s1. The van der Waals surface area contributed by atoms with Crippen LogP contribution in [-0.2, 0) is 4.79 Å². The molecule has 0 aliphatic carbocycles. The van der Waals surface area contributed by atoms with Crippen LogP contribution in [0.25, 0.3) is 21.9 Å². The fraction of sp³-hybridized carbons (Fsp3) is 0.208. The quantitative estimate of drug-likeness (QED) is 0.518. The molecule has 1 aromatic heterocycles. The Bertz CT molecular complexity index is 1150. The molecular formula is C24H25N2O3+. The van der Waals surface area contributed by atoms with E-state index >= 15 is 0 Å². The summed E-state index contributed by atoms with van der Waals surface area (Å²) in [4.78, 5) is 12.8. The molecule has 0 fully saturated rings. The zero-order valence-corrected chi connectivity index (χ0v) is 16.8. The number of methoxy groups -OCH3 is 1. The van der Waals surface area contributed by atoms with E-state index in [4.69, 9.17) is 9.15 Å². The highest BCUT2D eigenvalue weighted by atomic mass is 16.5. The minimum atomic E-state index is -0.263. The molecule has 3 aromatic carbocycles. The third-order valence-electron chi connectivity index (χ3n) is 5.27. The van der Waals surface area contributed by atoms with Crippen LogP contribution < -0.4 is 15.4 Å². The maximum absolute atomic E-state index is 12.8. The van der Waals surface area contributed by atoms with E-state index in [1.807, 2.05) is 61.5 Å². The first-order chi connectivity index (χ1) is 14.1. The van der Waals surface area contributed by atoms with Gasteiger partial charge >= 0.3 is 0 Å². The summed E-state index contributed by atoms with van der Waals surface area (Å²) in [5, 5.41) is 7.04. The van der Waals surface area contributed by atoms with E-state index < -0.39 is 0 Å². The van der Waals surface area contributed by atoms with Crippen molar-refractivity contribution in [3.8, 4) is 5.75 Å². The van der Waals surface area contributed by atoms with Crippen LogP contribution in [0.5, 0.6) is 5.75 Å². The Morgan fingerprint density at radius 1 is 0.966 bits per heavy atom. The van der Waals surface area contributed by atoms with Crippen LogP contribution in [0.1, 0.15) is 25.5 Å². The molecule has 4 rings (SSSR count). The number of nitrogens with two attached hydrogens (primary N) is 1. The molecule has 4 aromatic rings. The van der Waals surface area contributed by atoms with Crippen molar-refractivity contribution in [3.05, 3.63) is 72.3 Å². The molecule has 5 heteroatoms. The minimum Gasteiger partial charge on any atom is -0.495 e. The zero-order chi connectivity index (χ0) is 20.4. The Morgan fingerprint density at radius 3 is 2.45 bits per heavy atom. The molecule has 0 saturated carbocycles. The summed E-state index contributed by atoms with van der Waals surface area (Å²) in [5.41, 5.74) is 3.33. The molecule has 0 saturated heterocycles. The molecule has 0 aliphatic rings. The number of quaternary nitrogens is 1. The number of benzene rings is 3. The molecule has 1 heterocycles. The van der Waals surface area contributed by atoms with Gasteiger partial charge in [0.05, 0.1) is 12.8 Å². The Balaban J connectivity index is 1.56. The summed E-state index contributed by atoms with van der Waals surface area (Å²) in [6, 6.07) is 21.7. The average molecular weight is 389 g/mol. The van der Waals surface area contributed by atoms with Crippen LogP contribution in [0.3, 0.4) is 0 Å². The fourth-order valence-corrected chi connectivity index (χ4v) is 3.65. The van der Waals surface area contributed by atoms with E-state index in [0.29, 0.717) is 11.4 Å². The van der Waals surface area contributed by atoms with Crippen LogP contribution in [0, 0.1) is 0 Å². The van der Waals surface area contributed by atoms with Crippen LogP contribution in [-0.4, -0.2) is 19.1 Å². The Labute approximate surface area is 169 Å². The van der Waals surface area contributed by atoms with E-state index in [1.54, 1.807) is 7.11 Å². The topological polar surface area (TPSA) is 68.1 Å². The molecule has 0 aliphatic heterocycles.